The number of fused-ring (bicyclic) bond motifs is 1. The molecule has 0 bridgehead atoms. The second kappa shape index (κ2) is 8.48. The number of urea groups is 1. The second-order valence-corrected chi connectivity index (χ2v) is 8.46. The smallest absolute Gasteiger partial charge is 0.335 e. The van der Waals surface area contributed by atoms with Gasteiger partial charge in [0.15, 0.2) is 0 Å². The molecule has 0 spiro atoms. The molecule has 0 radical (unpaired) electrons. The monoisotopic (exact) mass is 449 g/mol. The lowest BCUT2D eigenvalue weighted by molar-refractivity contribution is -0.122. The van der Waals surface area contributed by atoms with Crippen LogP contribution in [0.25, 0.3) is 17.0 Å². The Hall–Kier alpha value is -4.45. The Morgan fingerprint density at radius 3 is 2.41 bits per heavy atom. The van der Waals surface area contributed by atoms with Crippen molar-refractivity contribution in [2.45, 2.75) is 20.4 Å². The van der Waals surface area contributed by atoms with Crippen molar-refractivity contribution in [1.82, 2.24) is 9.88 Å². The number of hydrogen-bond acceptors (Lipinski definition) is 3. The molecule has 4 aromatic rings. The molecule has 0 atom stereocenters. The number of aromatic nitrogens is 1. The van der Waals surface area contributed by atoms with Crippen molar-refractivity contribution in [3.63, 3.8) is 0 Å². The summed E-state index contributed by atoms with van der Waals surface area (Å²) in [5, 5.41) is 3.24. The van der Waals surface area contributed by atoms with Crippen LogP contribution < -0.4 is 10.2 Å². The lowest BCUT2D eigenvalue weighted by atomic mass is 10.0. The van der Waals surface area contributed by atoms with Crippen LogP contribution in [0.15, 0.2) is 84.6 Å². The van der Waals surface area contributed by atoms with Crippen LogP contribution in [-0.2, 0) is 16.1 Å². The molecule has 1 aliphatic rings. The topological polar surface area (TPSA) is 71.4 Å². The molecule has 6 nitrogen and oxygen atoms in total. The minimum Gasteiger partial charge on any atom is -0.342 e. The molecular weight excluding hydrogens is 426 g/mol. The van der Waals surface area contributed by atoms with Crippen LogP contribution in [0.1, 0.15) is 22.3 Å². The van der Waals surface area contributed by atoms with E-state index < -0.39 is 17.8 Å². The number of carbonyl (C=O) groups is 3. The van der Waals surface area contributed by atoms with E-state index in [2.05, 4.69) is 22.0 Å². The highest BCUT2D eigenvalue weighted by atomic mass is 16.2. The predicted molar refractivity (Wildman–Crippen MR) is 132 cm³/mol. The van der Waals surface area contributed by atoms with Crippen molar-refractivity contribution in [1.29, 1.82) is 0 Å². The number of nitrogens with zero attached hydrogens (tertiary/aromatic N) is 2. The highest BCUT2D eigenvalue weighted by Crippen LogP contribution is 2.29. The molecule has 5 rings (SSSR count). The maximum absolute atomic E-state index is 13.4. The van der Waals surface area contributed by atoms with E-state index in [-0.39, 0.29) is 5.57 Å². The SMILES string of the molecule is Cc1ccc(C)c(N2C(=O)NC(=O)/C(=C\c3cn(Cc4ccccc4)c4ccccc34)C2=O)c1. The van der Waals surface area contributed by atoms with E-state index in [9.17, 15) is 14.4 Å². The van der Waals surface area contributed by atoms with Crippen LogP contribution in [0.5, 0.6) is 0 Å². The Balaban J connectivity index is 1.59. The average Bonchev–Trinajstić information content (AvgIpc) is 3.16. The number of aryl methyl sites for hydroxylation is 2. The van der Waals surface area contributed by atoms with Crippen LogP contribution in [0.2, 0.25) is 0 Å². The maximum Gasteiger partial charge on any atom is 0.335 e. The van der Waals surface area contributed by atoms with Crippen molar-refractivity contribution < 1.29 is 14.4 Å². The number of amides is 4. The van der Waals surface area contributed by atoms with E-state index >= 15 is 0 Å². The molecule has 34 heavy (non-hydrogen) atoms. The summed E-state index contributed by atoms with van der Waals surface area (Å²) in [5.41, 5.74) is 4.93. The normalized spacial score (nSPS) is 15.3. The number of para-hydroxylation sites is 1. The van der Waals surface area contributed by atoms with Gasteiger partial charge in [-0.05, 0) is 48.7 Å². The lowest BCUT2D eigenvalue weighted by Crippen LogP contribution is -2.54. The van der Waals surface area contributed by atoms with Gasteiger partial charge < -0.3 is 4.57 Å². The van der Waals surface area contributed by atoms with Crippen LogP contribution in [-0.4, -0.2) is 22.4 Å². The van der Waals surface area contributed by atoms with Crippen molar-refractivity contribution in [2.24, 2.45) is 0 Å². The van der Waals surface area contributed by atoms with E-state index in [1.54, 1.807) is 12.1 Å². The Morgan fingerprint density at radius 1 is 0.882 bits per heavy atom. The van der Waals surface area contributed by atoms with Gasteiger partial charge in [-0.25, -0.2) is 9.69 Å². The van der Waals surface area contributed by atoms with Gasteiger partial charge in [-0.2, -0.15) is 0 Å². The van der Waals surface area contributed by atoms with Gasteiger partial charge in [-0.3, -0.25) is 14.9 Å². The molecule has 1 aromatic heterocycles. The van der Waals surface area contributed by atoms with Crippen molar-refractivity contribution >= 4 is 40.5 Å². The maximum atomic E-state index is 13.4. The molecule has 0 unspecified atom stereocenters. The van der Waals surface area contributed by atoms with Crippen molar-refractivity contribution in [2.75, 3.05) is 4.90 Å². The van der Waals surface area contributed by atoms with Gasteiger partial charge in [0.25, 0.3) is 11.8 Å². The average molecular weight is 450 g/mol. The van der Waals surface area contributed by atoms with Crippen LogP contribution in [0, 0.1) is 13.8 Å². The molecule has 1 aliphatic heterocycles. The number of carbonyl (C=O) groups excluding carboxylic acids is 3. The van der Waals surface area contributed by atoms with E-state index in [0.717, 1.165) is 38.1 Å². The van der Waals surface area contributed by atoms with Crippen molar-refractivity contribution in [3.8, 4) is 0 Å². The zero-order valence-electron chi connectivity index (χ0n) is 18.9. The van der Waals surface area contributed by atoms with Crippen LogP contribution in [0.4, 0.5) is 10.5 Å². The first-order valence-electron chi connectivity index (χ1n) is 11.0. The van der Waals surface area contributed by atoms with Gasteiger partial charge in [0.2, 0.25) is 0 Å². The fourth-order valence-corrected chi connectivity index (χ4v) is 4.29. The third kappa shape index (κ3) is 3.79. The summed E-state index contributed by atoms with van der Waals surface area (Å²) in [6, 6.07) is 22.7. The van der Waals surface area contributed by atoms with Gasteiger partial charge in [-0.1, -0.05) is 60.7 Å². The zero-order valence-corrected chi connectivity index (χ0v) is 18.9. The fraction of sp³-hybridized carbons (Fsp3) is 0.107. The highest BCUT2D eigenvalue weighted by molar-refractivity contribution is 6.39. The summed E-state index contributed by atoms with van der Waals surface area (Å²) >= 11 is 0. The largest absolute Gasteiger partial charge is 0.342 e. The van der Waals surface area contributed by atoms with Crippen molar-refractivity contribution in [3.05, 3.63) is 107 Å². The van der Waals surface area contributed by atoms with E-state index in [0.29, 0.717) is 12.2 Å². The molecule has 3 aromatic carbocycles. The summed E-state index contributed by atoms with van der Waals surface area (Å²) < 4.78 is 2.09. The van der Waals surface area contributed by atoms with Gasteiger partial charge in [0, 0.05) is 29.2 Å². The van der Waals surface area contributed by atoms with Gasteiger partial charge >= 0.3 is 6.03 Å². The first-order chi connectivity index (χ1) is 16.4. The number of barbiturate groups is 1. The number of benzene rings is 3. The molecule has 0 saturated carbocycles. The minimum atomic E-state index is -0.743. The van der Waals surface area contributed by atoms with Gasteiger partial charge in [0.05, 0.1) is 5.69 Å². The summed E-state index contributed by atoms with van der Waals surface area (Å²) in [4.78, 5) is 39.8. The summed E-state index contributed by atoms with van der Waals surface area (Å²) in [7, 11) is 0. The molecule has 1 saturated heterocycles. The fourth-order valence-electron chi connectivity index (χ4n) is 4.29. The molecule has 1 fully saturated rings. The standard InChI is InChI=1S/C28H23N3O3/c1-18-12-13-19(2)25(14-18)31-27(33)23(26(32)29-28(31)34)15-21-17-30(16-20-8-4-3-5-9-20)24-11-7-6-10-22(21)24/h3-15,17H,16H2,1-2H3,(H,29,32,34)/b23-15+. The lowest BCUT2D eigenvalue weighted by Gasteiger charge is -2.27. The number of imide groups is 2. The molecule has 2 heterocycles. The van der Waals surface area contributed by atoms with E-state index in [1.165, 1.54) is 0 Å². The minimum absolute atomic E-state index is 0.0804. The van der Waals surface area contributed by atoms with E-state index in [1.807, 2.05) is 74.6 Å². The third-order valence-corrected chi connectivity index (χ3v) is 6.02. The molecule has 4 amide bonds. The highest BCUT2D eigenvalue weighted by Gasteiger charge is 2.37. The van der Waals surface area contributed by atoms with Crippen LogP contribution >= 0.6 is 0 Å². The molecular formula is C28H23N3O3. The Morgan fingerprint density at radius 2 is 1.62 bits per heavy atom. The third-order valence-electron chi connectivity index (χ3n) is 6.02. The zero-order chi connectivity index (χ0) is 23.8. The number of rotatable bonds is 4. The first-order valence-corrected chi connectivity index (χ1v) is 11.0. The summed E-state index contributed by atoms with van der Waals surface area (Å²) in [6.45, 7) is 4.36. The van der Waals surface area contributed by atoms with E-state index in [4.69, 9.17) is 0 Å². The Labute approximate surface area is 197 Å². The van der Waals surface area contributed by atoms with Gasteiger partial charge in [-0.15, -0.1) is 0 Å². The Bertz CT molecular complexity index is 1480. The summed E-state index contributed by atoms with van der Waals surface area (Å²) in [5.74, 6) is -1.33. The molecule has 0 aliphatic carbocycles. The second-order valence-electron chi connectivity index (χ2n) is 8.46. The number of anilines is 1. The number of hydrogen-bond donors (Lipinski definition) is 1. The quantitative estimate of drug-likeness (QED) is 0.353. The Kier molecular flexibility index (Phi) is 5.34. The van der Waals surface area contributed by atoms with Gasteiger partial charge in [0.1, 0.15) is 5.57 Å². The van der Waals surface area contributed by atoms with Crippen LogP contribution in [0.3, 0.4) is 0 Å². The summed E-state index contributed by atoms with van der Waals surface area (Å²) in [6.07, 6.45) is 3.51. The molecule has 168 valence electrons. The molecule has 1 N–H and O–H groups in total. The first kappa shape index (κ1) is 21.4. The predicted octanol–water partition coefficient (Wildman–Crippen LogP) is 4.97. The molecule has 6 heteroatoms. The number of nitrogens with one attached hydrogen (secondary N) is 1.